The van der Waals surface area contributed by atoms with Gasteiger partial charge in [0.25, 0.3) is 0 Å². The van der Waals surface area contributed by atoms with E-state index in [9.17, 15) is 0 Å². The van der Waals surface area contributed by atoms with E-state index in [0.717, 1.165) is 38.1 Å². The number of rotatable bonds is 6. The third-order valence-corrected chi connectivity index (χ3v) is 4.42. The zero-order valence-electron chi connectivity index (χ0n) is 11.8. The molecule has 2 N–H and O–H groups in total. The van der Waals surface area contributed by atoms with Crippen LogP contribution < -0.4 is 5.73 Å². The molecule has 5 heteroatoms. The third kappa shape index (κ3) is 3.86. The van der Waals surface area contributed by atoms with Gasteiger partial charge in [0, 0.05) is 35.8 Å². The molecule has 112 valence electrons. The number of hydrogen-bond donors (Lipinski definition) is 1. The fourth-order valence-corrected chi connectivity index (χ4v) is 3.31. The van der Waals surface area contributed by atoms with Gasteiger partial charge in [-0.3, -0.25) is 4.90 Å². The van der Waals surface area contributed by atoms with Crippen LogP contribution in [0.25, 0.3) is 0 Å². The SMILES string of the molecule is CCN(CC1CCCO1)C(CN)c1ccc(Cl)cc1Cl. The topological polar surface area (TPSA) is 38.5 Å². The van der Waals surface area contributed by atoms with Crippen LogP contribution in [0.4, 0.5) is 0 Å². The average Bonchev–Trinajstić information content (AvgIpc) is 2.93. The van der Waals surface area contributed by atoms with Gasteiger partial charge < -0.3 is 10.5 Å². The van der Waals surface area contributed by atoms with Crippen LogP contribution in [0.2, 0.25) is 10.0 Å². The summed E-state index contributed by atoms with van der Waals surface area (Å²) in [4.78, 5) is 2.34. The van der Waals surface area contributed by atoms with Crippen LogP contribution in [0, 0.1) is 0 Å². The van der Waals surface area contributed by atoms with Crippen molar-refractivity contribution in [3.63, 3.8) is 0 Å². The molecule has 2 rings (SSSR count). The van der Waals surface area contributed by atoms with Crippen LogP contribution in [0.3, 0.4) is 0 Å². The minimum Gasteiger partial charge on any atom is -0.377 e. The average molecular weight is 317 g/mol. The molecule has 0 radical (unpaired) electrons. The van der Waals surface area contributed by atoms with E-state index in [-0.39, 0.29) is 6.04 Å². The van der Waals surface area contributed by atoms with Gasteiger partial charge in [-0.25, -0.2) is 0 Å². The summed E-state index contributed by atoms with van der Waals surface area (Å²) >= 11 is 12.3. The Kier molecular flexibility index (Phi) is 6.12. The van der Waals surface area contributed by atoms with Crippen LogP contribution in [-0.2, 0) is 4.74 Å². The molecule has 2 atom stereocenters. The third-order valence-electron chi connectivity index (χ3n) is 3.85. The van der Waals surface area contributed by atoms with Gasteiger partial charge in [0.1, 0.15) is 0 Å². The molecule has 20 heavy (non-hydrogen) atoms. The molecule has 0 aromatic heterocycles. The zero-order chi connectivity index (χ0) is 14.5. The quantitative estimate of drug-likeness (QED) is 0.873. The van der Waals surface area contributed by atoms with Crippen molar-refractivity contribution in [2.75, 3.05) is 26.2 Å². The highest BCUT2D eigenvalue weighted by Gasteiger charge is 2.25. The van der Waals surface area contributed by atoms with Crippen molar-refractivity contribution in [3.8, 4) is 0 Å². The predicted molar refractivity (Wildman–Crippen MR) is 84.5 cm³/mol. The van der Waals surface area contributed by atoms with E-state index in [1.54, 1.807) is 6.07 Å². The van der Waals surface area contributed by atoms with Crippen molar-refractivity contribution in [2.45, 2.75) is 31.9 Å². The number of nitrogens with two attached hydrogens (primary N) is 1. The maximum absolute atomic E-state index is 6.32. The minimum absolute atomic E-state index is 0.106. The second-order valence-electron chi connectivity index (χ2n) is 5.14. The molecule has 0 spiro atoms. The molecule has 1 fully saturated rings. The lowest BCUT2D eigenvalue weighted by Crippen LogP contribution is -2.38. The van der Waals surface area contributed by atoms with Gasteiger partial charge in [0.2, 0.25) is 0 Å². The lowest BCUT2D eigenvalue weighted by Gasteiger charge is -2.32. The number of nitrogens with zero attached hydrogens (tertiary/aromatic N) is 1. The van der Waals surface area contributed by atoms with Crippen LogP contribution in [0.5, 0.6) is 0 Å². The molecule has 0 bridgehead atoms. The number of benzene rings is 1. The molecule has 1 heterocycles. The summed E-state index contributed by atoms with van der Waals surface area (Å²) in [6, 6.07) is 5.72. The summed E-state index contributed by atoms with van der Waals surface area (Å²) in [5.74, 6) is 0. The van der Waals surface area contributed by atoms with Gasteiger partial charge in [-0.2, -0.15) is 0 Å². The maximum atomic E-state index is 6.32. The van der Waals surface area contributed by atoms with E-state index in [2.05, 4.69) is 11.8 Å². The van der Waals surface area contributed by atoms with E-state index < -0.39 is 0 Å². The molecule has 3 nitrogen and oxygen atoms in total. The molecule has 1 saturated heterocycles. The molecule has 1 aromatic rings. The summed E-state index contributed by atoms with van der Waals surface area (Å²) in [7, 11) is 0. The predicted octanol–water partition coefficient (Wildman–Crippen LogP) is 3.49. The van der Waals surface area contributed by atoms with Crippen molar-refractivity contribution in [2.24, 2.45) is 5.73 Å². The first-order valence-electron chi connectivity index (χ1n) is 7.16. The van der Waals surface area contributed by atoms with Gasteiger partial charge in [-0.05, 0) is 37.1 Å². The highest BCUT2D eigenvalue weighted by Crippen LogP contribution is 2.30. The van der Waals surface area contributed by atoms with Crippen LogP contribution in [0.1, 0.15) is 31.4 Å². The van der Waals surface area contributed by atoms with Crippen LogP contribution in [-0.4, -0.2) is 37.2 Å². The van der Waals surface area contributed by atoms with Crippen molar-refractivity contribution in [1.29, 1.82) is 0 Å². The number of halogens is 2. The highest BCUT2D eigenvalue weighted by molar-refractivity contribution is 6.35. The van der Waals surface area contributed by atoms with Gasteiger partial charge in [0.05, 0.1) is 6.10 Å². The smallest absolute Gasteiger partial charge is 0.0703 e. The standard InChI is InChI=1S/C15H22Cl2N2O/c1-2-19(10-12-4-3-7-20-12)15(9-18)13-6-5-11(16)8-14(13)17/h5-6,8,12,15H,2-4,7,9-10,18H2,1H3. The first-order valence-corrected chi connectivity index (χ1v) is 7.92. The number of hydrogen-bond acceptors (Lipinski definition) is 3. The largest absolute Gasteiger partial charge is 0.377 e. The lowest BCUT2D eigenvalue weighted by atomic mass is 10.0. The lowest BCUT2D eigenvalue weighted by molar-refractivity contribution is 0.0602. The molecule has 2 unspecified atom stereocenters. The van der Waals surface area contributed by atoms with E-state index >= 15 is 0 Å². The Morgan fingerprint density at radius 2 is 2.25 bits per heavy atom. The normalized spacial score (nSPS) is 20.6. The molecule has 0 amide bonds. The Morgan fingerprint density at radius 1 is 1.45 bits per heavy atom. The van der Waals surface area contributed by atoms with Gasteiger partial charge in [-0.1, -0.05) is 36.2 Å². The van der Waals surface area contributed by atoms with Crippen LogP contribution >= 0.6 is 23.2 Å². The Balaban J connectivity index is 2.15. The van der Waals surface area contributed by atoms with Gasteiger partial charge in [0.15, 0.2) is 0 Å². The fourth-order valence-electron chi connectivity index (χ4n) is 2.77. The zero-order valence-corrected chi connectivity index (χ0v) is 13.3. The Morgan fingerprint density at radius 3 is 2.80 bits per heavy atom. The van der Waals surface area contributed by atoms with Crippen molar-refractivity contribution in [1.82, 2.24) is 4.90 Å². The molecular weight excluding hydrogens is 295 g/mol. The monoisotopic (exact) mass is 316 g/mol. The fraction of sp³-hybridized carbons (Fsp3) is 0.600. The minimum atomic E-state index is 0.106. The summed E-state index contributed by atoms with van der Waals surface area (Å²) in [5.41, 5.74) is 7.03. The summed E-state index contributed by atoms with van der Waals surface area (Å²) < 4.78 is 5.73. The van der Waals surface area contributed by atoms with Crippen LogP contribution in [0.15, 0.2) is 18.2 Å². The maximum Gasteiger partial charge on any atom is 0.0703 e. The van der Waals surface area contributed by atoms with Crippen molar-refractivity contribution in [3.05, 3.63) is 33.8 Å². The number of likely N-dealkylation sites (N-methyl/N-ethyl adjacent to an activating group) is 1. The second kappa shape index (κ2) is 7.62. The van der Waals surface area contributed by atoms with Gasteiger partial charge in [-0.15, -0.1) is 0 Å². The van der Waals surface area contributed by atoms with Gasteiger partial charge >= 0.3 is 0 Å². The van der Waals surface area contributed by atoms with Crippen molar-refractivity contribution >= 4 is 23.2 Å². The van der Waals surface area contributed by atoms with Crippen molar-refractivity contribution < 1.29 is 4.74 Å². The summed E-state index contributed by atoms with van der Waals surface area (Å²) in [6.45, 7) is 5.36. The molecule has 0 aliphatic carbocycles. The Labute approximate surface area is 131 Å². The first kappa shape index (κ1) is 16.1. The summed E-state index contributed by atoms with van der Waals surface area (Å²) in [5, 5.41) is 1.33. The summed E-state index contributed by atoms with van der Waals surface area (Å²) in [6.07, 6.45) is 2.59. The molecule has 1 aromatic carbocycles. The molecule has 1 aliphatic rings. The van der Waals surface area contributed by atoms with E-state index in [1.807, 2.05) is 12.1 Å². The second-order valence-corrected chi connectivity index (χ2v) is 5.98. The van der Waals surface area contributed by atoms with E-state index in [1.165, 1.54) is 0 Å². The Bertz CT molecular complexity index is 436. The molecule has 1 aliphatic heterocycles. The van der Waals surface area contributed by atoms with E-state index in [4.69, 9.17) is 33.7 Å². The first-order chi connectivity index (χ1) is 9.65. The molecule has 0 saturated carbocycles. The Hall–Kier alpha value is -0.320. The highest BCUT2D eigenvalue weighted by atomic mass is 35.5. The number of ether oxygens (including phenoxy) is 1. The molecular formula is C15H22Cl2N2O. The van der Waals surface area contributed by atoms with E-state index in [0.29, 0.717) is 22.7 Å².